The van der Waals surface area contributed by atoms with Crippen molar-refractivity contribution in [3.8, 4) is 0 Å². The second-order valence-corrected chi connectivity index (χ2v) is 5.94. The zero-order valence-corrected chi connectivity index (χ0v) is 13.1. The van der Waals surface area contributed by atoms with Gasteiger partial charge in [-0.3, -0.25) is 0 Å². The molecule has 0 spiro atoms. The normalized spacial score (nSPS) is 11.1. The molecule has 0 radical (unpaired) electrons. The maximum atomic E-state index is 13.7. The molecule has 2 aromatic rings. The standard InChI is InChI=1S/C15H17BrFN3/c1-9(2)7-12-14(16)15(18)20-13(19-12)8-10-5-3-4-6-11(10)17/h3-6,9H,7-8H2,1-2H3,(H2,18,19,20). The van der Waals surface area contributed by atoms with Crippen molar-refractivity contribution in [2.45, 2.75) is 26.7 Å². The van der Waals surface area contributed by atoms with Gasteiger partial charge in [-0.25, -0.2) is 14.4 Å². The van der Waals surface area contributed by atoms with Crippen LogP contribution in [0.15, 0.2) is 28.7 Å². The number of nitrogens with two attached hydrogens (primary N) is 1. The van der Waals surface area contributed by atoms with Crippen LogP contribution < -0.4 is 5.73 Å². The number of hydrogen-bond acceptors (Lipinski definition) is 3. The molecule has 20 heavy (non-hydrogen) atoms. The Morgan fingerprint density at radius 2 is 1.95 bits per heavy atom. The molecule has 5 heteroatoms. The second kappa shape index (κ2) is 6.31. The molecule has 0 atom stereocenters. The van der Waals surface area contributed by atoms with Crippen molar-refractivity contribution in [2.75, 3.05) is 5.73 Å². The van der Waals surface area contributed by atoms with E-state index < -0.39 is 0 Å². The Kier molecular flexibility index (Phi) is 4.70. The van der Waals surface area contributed by atoms with Crippen molar-refractivity contribution in [3.63, 3.8) is 0 Å². The van der Waals surface area contributed by atoms with Gasteiger partial charge in [-0.2, -0.15) is 0 Å². The number of nitrogens with zero attached hydrogens (tertiary/aromatic N) is 2. The highest BCUT2D eigenvalue weighted by molar-refractivity contribution is 9.10. The second-order valence-electron chi connectivity index (χ2n) is 5.15. The summed E-state index contributed by atoms with van der Waals surface area (Å²) >= 11 is 3.42. The smallest absolute Gasteiger partial charge is 0.141 e. The molecule has 0 saturated carbocycles. The van der Waals surface area contributed by atoms with Gasteiger partial charge in [0, 0.05) is 6.42 Å². The predicted molar refractivity (Wildman–Crippen MR) is 81.9 cm³/mol. The first kappa shape index (κ1) is 14.9. The van der Waals surface area contributed by atoms with Crippen molar-refractivity contribution in [2.24, 2.45) is 5.92 Å². The SMILES string of the molecule is CC(C)Cc1nc(Cc2ccccc2F)nc(N)c1Br. The van der Waals surface area contributed by atoms with E-state index in [1.165, 1.54) is 6.07 Å². The maximum absolute atomic E-state index is 13.7. The fourth-order valence-corrected chi connectivity index (χ4v) is 2.32. The van der Waals surface area contributed by atoms with Crippen molar-refractivity contribution in [3.05, 3.63) is 51.6 Å². The van der Waals surface area contributed by atoms with Crippen molar-refractivity contribution in [1.82, 2.24) is 9.97 Å². The summed E-state index contributed by atoms with van der Waals surface area (Å²) in [4.78, 5) is 8.74. The molecular weight excluding hydrogens is 321 g/mol. The molecule has 2 rings (SSSR count). The van der Waals surface area contributed by atoms with Crippen LogP contribution in [0.25, 0.3) is 0 Å². The lowest BCUT2D eigenvalue weighted by atomic mass is 10.1. The highest BCUT2D eigenvalue weighted by Crippen LogP contribution is 2.24. The van der Waals surface area contributed by atoms with Crippen LogP contribution in [0, 0.1) is 11.7 Å². The third kappa shape index (κ3) is 3.54. The zero-order chi connectivity index (χ0) is 14.7. The van der Waals surface area contributed by atoms with Gasteiger partial charge in [-0.15, -0.1) is 0 Å². The Labute approximate surface area is 126 Å². The summed E-state index contributed by atoms with van der Waals surface area (Å²) in [5.41, 5.74) is 7.34. The fraction of sp³-hybridized carbons (Fsp3) is 0.333. The highest BCUT2D eigenvalue weighted by Gasteiger charge is 2.13. The molecule has 0 amide bonds. The van der Waals surface area contributed by atoms with Gasteiger partial charge in [0.25, 0.3) is 0 Å². The van der Waals surface area contributed by atoms with Gasteiger partial charge < -0.3 is 5.73 Å². The summed E-state index contributed by atoms with van der Waals surface area (Å²) in [5.74, 6) is 1.17. The first-order valence-electron chi connectivity index (χ1n) is 6.51. The Morgan fingerprint density at radius 3 is 2.60 bits per heavy atom. The molecule has 1 aromatic heterocycles. The summed E-state index contributed by atoms with van der Waals surface area (Å²) in [6, 6.07) is 6.64. The first-order chi connectivity index (χ1) is 9.47. The van der Waals surface area contributed by atoms with E-state index in [4.69, 9.17) is 5.73 Å². The third-order valence-electron chi connectivity index (χ3n) is 2.90. The van der Waals surface area contributed by atoms with Crippen LogP contribution in [0.2, 0.25) is 0 Å². The van der Waals surface area contributed by atoms with Crippen LogP contribution in [0.4, 0.5) is 10.2 Å². The lowest BCUT2D eigenvalue weighted by Gasteiger charge is -2.11. The molecule has 0 aliphatic heterocycles. The molecular formula is C15H17BrFN3. The average Bonchev–Trinajstić information content (AvgIpc) is 2.37. The number of anilines is 1. The van der Waals surface area contributed by atoms with Gasteiger partial charge in [0.2, 0.25) is 0 Å². The van der Waals surface area contributed by atoms with Gasteiger partial charge in [0.05, 0.1) is 10.2 Å². The fourth-order valence-electron chi connectivity index (χ4n) is 1.98. The zero-order valence-electron chi connectivity index (χ0n) is 11.5. The number of rotatable bonds is 4. The van der Waals surface area contributed by atoms with Crippen LogP contribution in [-0.2, 0) is 12.8 Å². The number of aromatic nitrogens is 2. The van der Waals surface area contributed by atoms with Gasteiger partial charge in [-0.05, 0) is 39.9 Å². The molecule has 106 valence electrons. The van der Waals surface area contributed by atoms with E-state index in [-0.39, 0.29) is 5.82 Å². The van der Waals surface area contributed by atoms with Crippen molar-refractivity contribution in [1.29, 1.82) is 0 Å². The van der Waals surface area contributed by atoms with Gasteiger partial charge >= 0.3 is 0 Å². The Hall–Kier alpha value is -1.49. The molecule has 1 heterocycles. The molecule has 0 fully saturated rings. The minimum atomic E-state index is -0.247. The molecule has 0 bridgehead atoms. The quantitative estimate of drug-likeness (QED) is 0.924. The lowest BCUT2D eigenvalue weighted by molar-refractivity contribution is 0.609. The summed E-state index contributed by atoms with van der Waals surface area (Å²) in [6.45, 7) is 4.22. The molecule has 0 aliphatic carbocycles. The Morgan fingerprint density at radius 1 is 1.25 bits per heavy atom. The van der Waals surface area contributed by atoms with Crippen LogP contribution >= 0.6 is 15.9 Å². The average molecular weight is 338 g/mol. The number of benzene rings is 1. The van der Waals surface area contributed by atoms with E-state index in [2.05, 4.69) is 39.7 Å². The minimum absolute atomic E-state index is 0.247. The topological polar surface area (TPSA) is 51.8 Å². The van der Waals surface area contributed by atoms with Crippen molar-refractivity contribution < 1.29 is 4.39 Å². The van der Waals surface area contributed by atoms with E-state index in [1.807, 2.05) is 0 Å². The Balaban J connectivity index is 2.33. The predicted octanol–water partition coefficient (Wildman–Crippen LogP) is 3.75. The number of halogens is 2. The molecule has 2 N–H and O–H groups in total. The van der Waals surface area contributed by atoms with E-state index in [9.17, 15) is 4.39 Å². The van der Waals surface area contributed by atoms with E-state index in [0.717, 1.165) is 16.6 Å². The number of nitrogen functional groups attached to an aromatic ring is 1. The minimum Gasteiger partial charge on any atom is -0.383 e. The number of hydrogen-bond donors (Lipinski definition) is 1. The summed E-state index contributed by atoms with van der Waals surface area (Å²) in [5, 5.41) is 0. The molecule has 0 unspecified atom stereocenters. The van der Waals surface area contributed by atoms with E-state index in [1.54, 1.807) is 18.2 Å². The highest BCUT2D eigenvalue weighted by atomic mass is 79.9. The summed E-state index contributed by atoms with van der Waals surface area (Å²) in [6.07, 6.45) is 1.15. The van der Waals surface area contributed by atoms with Crippen LogP contribution in [0.5, 0.6) is 0 Å². The van der Waals surface area contributed by atoms with Crippen molar-refractivity contribution >= 4 is 21.7 Å². The van der Waals surface area contributed by atoms with E-state index in [0.29, 0.717) is 29.5 Å². The van der Waals surface area contributed by atoms with Crippen LogP contribution in [0.3, 0.4) is 0 Å². The van der Waals surface area contributed by atoms with E-state index >= 15 is 0 Å². The van der Waals surface area contributed by atoms with Crippen LogP contribution in [0.1, 0.15) is 30.9 Å². The monoisotopic (exact) mass is 337 g/mol. The molecule has 3 nitrogen and oxygen atoms in total. The maximum Gasteiger partial charge on any atom is 0.141 e. The lowest BCUT2D eigenvalue weighted by Crippen LogP contribution is -2.08. The summed E-state index contributed by atoms with van der Waals surface area (Å²) in [7, 11) is 0. The van der Waals surface area contributed by atoms with Crippen LogP contribution in [-0.4, -0.2) is 9.97 Å². The molecule has 0 saturated heterocycles. The largest absolute Gasteiger partial charge is 0.383 e. The third-order valence-corrected chi connectivity index (χ3v) is 3.76. The van der Waals surface area contributed by atoms with Gasteiger partial charge in [0.1, 0.15) is 17.5 Å². The molecule has 1 aromatic carbocycles. The summed E-state index contributed by atoms with van der Waals surface area (Å²) < 4.78 is 14.4. The van der Waals surface area contributed by atoms with Gasteiger partial charge in [-0.1, -0.05) is 32.0 Å². The first-order valence-corrected chi connectivity index (χ1v) is 7.31. The van der Waals surface area contributed by atoms with Gasteiger partial charge in [0.15, 0.2) is 0 Å². The molecule has 0 aliphatic rings. The Bertz CT molecular complexity index is 614.